The number of thioether (sulfide) groups is 1. The first-order chi connectivity index (χ1) is 8.51. The highest BCUT2D eigenvalue weighted by atomic mass is 32.2. The lowest BCUT2D eigenvalue weighted by molar-refractivity contribution is 0.552. The lowest BCUT2D eigenvalue weighted by Crippen LogP contribution is -2.33. The maximum atomic E-state index is 12.1. The van der Waals surface area contributed by atoms with Gasteiger partial charge >= 0.3 is 0 Å². The van der Waals surface area contributed by atoms with Gasteiger partial charge in [0.05, 0.1) is 4.90 Å². The van der Waals surface area contributed by atoms with Gasteiger partial charge in [-0.25, -0.2) is 13.1 Å². The van der Waals surface area contributed by atoms with Gasteiger partial charge in [-0.05, 0) is 49.8 Å². The van der Waals surface area contributed by atoms with Crippen LogP contribution in [0.4, 0.5) is 5.69 Å². The molecule has 1 saturated carbocycles. The van der Waals surface area contributed by atoms with Crippen LogP contribution in [0.25, 0.3) is 0 Å². The molecule has 1 aromatic carbocycles. The van der Waals surface area contributed by atoms with E-state index in [2.05, 4.69) is 11.0 Å². The van der Waals surface area contributed by atoms with Crippen LogP contribution in [0.5, 0.6) is 0 Å². The highest BCUT2D eigenvalue weighted by Gasteiger charge is 2.28. The van der Waals surface area contributed by atoms with Gasteiger partial charge in [-0.1, -0.05) is 0 Å². The number of benzene rings is 1. The number of hydrogen-bond acceptors (Lipinski definition) is 4. The van der Waals surface area contributed by atoms with Gasteiger partial charge in [0, 0.05) is 17.0 Å². The van der Waals surface area contributed by atoms with Gasteiger partial charge in [0.2, 0.25) is 10.0 Å². The molecule has 100 valence electrons. The number of nitrogen functional groups attached to an aromatic ring is 1. The molecule has 0 spiro atoms. The molecular formula is C12H18N2O2S2. The minimum atomic E-state index is -3.41. The zero-order valence-corrected chi connectivity index (χ0v) is 11.9. The van der Waals surface area contributed by atoms with Crippen molar-refractivity contribution in [1.29, 1.82) is 0 Å². The summed E-state index contributed by atoms with van der Waals surface area (Å²) in [7, 11) is -3.41. The summed E-state index contributed by atoms with van der Waals surface area (Å²) in [5, 5.41) is 0.573. The summed E-state index contributed by atoms with van der Waals surface area (Å²) in [4.78, 5) is 0.282. The third-order valence-corrected chi connectivity index (χ3v) is 5.86. The monoisotopic (exact) mass is 286 g/mol. The molecule has 2 unspecified atom stereocenters. The number of nitrogens with one attached hydrogen (secondary N) is 1. The number of nitrogens with two attached hydrogens (primary N) is 1. The second-order valence-corrected chi connectivity index (χ2v) is 7.41. The molecule has 0 saturated heterocycles. The standard InChI is InChI=1S/C12H18N2O2S2/c1-17-11-5-4-10(8-11)14-18(15,16)12-6-2-9(13)3-7-12/h2-3,6-7,10-11,14H,4-5,8,13H2,1H3. The second-order valence-electron chi connectivity index (χ2n) is 4.56. The van der Waals surface area contributed by atoms with Crippen molar-refractivity contribution >= 4 is 27.5 Å². The molecule has 1 aromatic rings. The van der Waals surface area contributed by atoms with E-state index in [0.29, 0.717) is 10.9 Å². The molecule has 2 rings (SSSR count). The Bertz CT molecular complexity index is 499. The fourth-order valence-corrected chi connectivity index (χ4v) is 4.28. The van der Waals surface area contributed by atoms with E-state index >= 15 is 0 Å². The van der Waals surface area contributed by atoms with Gasteiger partial charge in [0.25, 0.3) is 0 Å². The summed E-state index contributed by atoms with van der Waals surface area (Å²) in [6.45, 7) is 0. The van der Waals surface area contributed by atoms with E-state index in [4.69, 9.17) is 5.73 Å². The summed E-state index contributed by atoms with van der Waals surface area (Å²) < 4.78 is 27.0. The topological polar surface area (TPSA) is 72.2 Å². The molecule has 0 aromatic heterocycles. The molecule has 1 fully saturated rings. The number of hydrogen-bond donors (Lipinski definition) is 2. The number of anilines is 1. The predicted molar refractivity (Wildman–Crippen MR) is 76.1 cm³/mol. The van der Waals surface area contributed by atoms with Crippen molar-refractivity contribution in [3.05, 3.63) is 24.3 Å². The number of sulfonamides is 1. The van der Waals surface area contributed by atoms with E-state index in [1.165, 1.54) is 0 Å². The van der Waals surface area contributed by atoms with Crippen molar-refractivity contribution in [2.45, 2.75) is 35.4 Å². The minimum absolute atomic E-state index is 0.0602. The summed E-state index contributed by atoms with van der Waals surface area (Å²) in [6.07, 6.45) is 4.98. The first kappa shape index (κ1) is 13.7. The molecule has 4 nitrogen and oxygen atoms in total. The Kier molecular flexibility index (Phi) is 4.19. The van der Waals surface area contributed by atoms with Crippen LogP contribution in [0, 0.1) is 0 Å². The van der Waals surface area contributed by atoms with Crippen LogP contribution in [0.2, 0.25) is 0 Å². The summed E-state index contributed by atoms with van der Waals surface area (Å²) in [6, 6.07) is 6.35. The largest absolute Gasteiger partial charge is 0.399 e. The van der Waals surface area contributed by atoms with Crippen LogP contribution in [-0.2, 0) is 10.0 Å². The highest BCUT2D eigenvalue weighted by molar-refractivity contribution is 7.99. The normalized spacial score (nSPS) is 24.3. The van der Waals surface area contributed by atoms with Crippen LogP contribution in [0.3, 0.4) is 0 Å². The fourth-order valence-electron chi connectivity index (χ4n) is 2.20. The van der Waals surface area contributed by atoms with Gasteiger partial charge in [-0.3, -0.25) is 0 Å². The van der Waals surface area contributed by atoms with E-state index in [1.54, 1.807) is 24.3 Å². The average molecular weight is 286 g/mol. The van der Waals surface area contributed by atoms with Crippen LogP contribution in [0.15, 0.2) is 29.2 Å². The lowest BCUT2D eigenvalue weighted by Gasteiger charge is -2.13. The summed E-state index contributed by atoms with van der Waals surface area (Å²) >= 11 is 1.81. The van der Waals surface area contributed by atoms with Crippen molar-refractivity contribution in [3.8, 4) is 0 Å². The van der Waals surface area contributed by atoms with Gasteiger partial charge in [-0.2, -0.15) is 11.8 Å². The Labute approximate surface area is 112 Å². The Morgan fingerprint density at radius 3 is 2.50 bits per heavy atom. The van der Waals surface area contributed by atoms with E-state index in [0.717, 1.165) is 19.3 Å². The van der Waals surface area contributed by atoms with E-state index in [9.17, 15) is 8.42 Å². The Morgan fingerprint density at radius 2 is 1.94 bits per heavy atom. The van der Waals surface area contributed by atoms with Crippen LogP contribution >= 0.6 is 11.8 Å². The molecule has 6 heteroatoms. The summed E-state index contributed by atoms with van der Waals surface area (Å²) in [5.74, 6) is 0. The van der Waals surface area contributed by atoms with Crippen LogP contribution < -0.4 is 10.5 Å². The molecule has 0 amide bonds. The minimum Gasteiger partial charge on any atom is -0.399 e. The van der Waals surface area contributed by atoms with Crippen molar-refractivity contribution < 1.29 is 8.42 Å². The zero-order chi connectivity index (χ0) is 13.2. The van der Waals surface area contributed by atoms with Crippen LogP contribution in [-0.4, -0.2) is 26.0 Å². The van der Waals surface area contributed by atoms with Gasteiger partial charge in [0.15, 0.2) is 0 Å². The Morgan fingerprint density at radius 1 is 1.28 bits per heavy atom. The molecule has 3 N–H and O–H groups in total. The Hall–Kier alpha value is -0.720. The molecule has 18 heavy (non-hydrogen) atoms. The average Bonchev–Trinajstić information content (AvgIpc) is 2.76. The highest BCUT2D eigenvalue weighted by Crippen LogP contribution is 2.29. The SMILES string of the molecule is CSC1CCC(NS(=O)(=O)c2ccc(N)cc2)C1. The molecule has 0 heterocycles. The van der Waals surface area contributed by atoms with E-state index in [1.807, 2.05) is 11.8 Å². The van der Waals surface area contributed by atoms with Crippen molar-refractivity contribution in [3.63, 3.8) is 0 Å². The van der Waals surface area contributed by atoms with Crippen molar-refractivity contribution in [2.24, 2.45) is 0 Å². The van der Waals surface area contributed by atoms with E-state index in [-0.39, 0.29) is 10.9 Å². The van der Waals surface area contributed by atoms with Crippen molar-refractivity contribution in [2.75, 3.05) is 12.0 Å². The third kappa shape index (κ3) is 3.18. The Balaban J connectivity index is 2.06. The maximum absolute atomic E-state index is 12.1. The quantitative estimate of drug-likeness (QED) is 0.828. The summed E-state index contributed by atoms with van der Waals surface area (Å²) in [5.41, 5.74) is 6.12. The molecule has 0 bridgehead atoms. The molecule has 0 radical (unpaired) electrons. The zero-order valence-electron chi connectivity index (χ0n) is 10.3. The molecule has 1 aliphatic rings. The fraction of sp³-hybridized carbons (Fsp3) is 0.500. The smallest absolute Gasteiger partial charge is 0.240 e. The van der Waals surface area contributed by atoms with E-state index < -0.39 is 10.0 Å². The molecule has 1 aliphatic carbocycles. The molecular weight excluding hydrogens is 268 g/mol. The first-order valence-electron chi connectivity index (χ1n) is 5.92. The van der Waals surface area contributed by atoms with Crippen LogP contribution in [0.1, 0.15) is 19.3 Å². The lowest BCUT2D eigenvalue weighted by atomic mass is 10.3. The first-order valence-corrected chi connectivity index (χ1v) is 8.69. The van der Waals surface area contributed by atoms with Crippen molar-refractivity contribution in [1.82, 2.24) is 4.72 Å². The number of rotatable bonds is 4. The van der Waals surface area contributed by atoms with Gasteiger partial charge < -0.3 is 5.73 Å². The molecule has 2 atom stereocenters. The second kappa shape index (κ2) is 5.50. The van der Waals surface area contributed by atoms with Gasteiger partial charge in [0.1, 0.15) is 0 Å². The maximum Gasteiger partial charge on any atom is 0.240 e. The van der Waals surface area contributed by atoms with Gasteiger partial charge in [-0.15, -0.1) is 0 Å². The third-order valence-electron chi connectivity index (χ3n) is 3.23. The molecule has 0 aliphatic heterocycles. The predicted octanol–water partition coefficient (Wildman–Crippen LogP) is 1.83.